The van der Waals surface area contributed by atoms with Crippen molar-refractivity contribution in [3.8, 4) is 34.5 Å². The van der Waals surface area contributed by atoms with E-state index in [1.165, 1.54) is 0 Å². The third-order valence-corrected chi connectivity index (χ3v) is 6.77. The number of fused-ring (bicyclic) bond motifs is 2. The number of hydrogen-bond donors (Lipinski definition) is 2. The number of hydrogen-bond acceptors (Lipinski definition) is 13. The van der Waals surface area contributed by atoms with Crippen molar-refractivity contribution < 1.29 is 99.3 Å². The van der Waals surface area contributed by atoms with Crippen LogP contribution < -0.4 is 30.6 Å². The number of carbonyl (C=O) groups is 4. The maximum Gasteiger partial charge on any atom is 2.00 e. The van der Waals surface area contributed by atoms with Crippen LogP contribution in [0.3, 0.4) is 0 Å². The third kappa shape index (κ3) is 11.0. The van der Waals surface area contributed by atoms with E-state index in [1.54, 1.807) is 0 Å². The number of aromatic nitrogens is 5. The van der Waals surface area contributed by atoms with Gasteiger partial charge in [0.05, 0.1) is 45.9 Å². The summed E-state index contributed by atoms with van der Waals surface area (Å²) in [5, 5.41) is 62.5. The van der Waals surface area contributed by atoms with Crippen molar-refractivity contribution in [3.63, 3.8) is 0 Å². The number of H-pyrrole nitrogens is 2. The molecule has 7 rings (SSSR count). The van der Waals surface area contributed by atoms with Crippen molar-refractivity contribution in [1.82, 2.24) is 24.9 Å². The molecule has 0 fully saturated rings. The van der Waals surface area contributed by atoms with E-state index in [0.717, 1.165) is 81.5 Å². The number of aromatic carboxylic acids is 4. The van der Waals surface area contributed by atoms with Crippen LogP contribution in [0, 0.1) is 0 Å². The second-order valence-corrected chi connectivity index (χ2v) is 10.3. The van der Waals surface area contributed by atoms with E-state index in [0.29, 0.717) is 0 Å². The molecule has 0 aliphatic rings. The average molecular weight is 846 g/mol. The van der Waals surface area contributed by atoms with Crippen LogP contribution in [0.25, 0.3) is 45.1 Å². The Morgan fingerprint density at radius 3 is 1.06 bits per heavy atom. The van der Waals surface area contributed by atoms with E-state index < -0.39 is 57.6 Å². The second-order valence-electron chi connectivity index (χ2n) is 10.3. The summed E-state index contributed by atoms with van der Waals surface area (Å²) in [6, 6.07) is 26.5. The molecule has 4 aromatic carbocycles. The van der Waals surface area contributed by atoms with E-state index in [9.17, 15) is 49.8 Å². The topological polar surface area (TPSA) is 277 Å². The molecule has 0 unspecified atom stereocenters. The van der Waals surface area contributed by atoms with Gasteiger partial charge < -0.3 is 59.8 Å². The van der Waals surface area contributed by atoms with E-state index in [-0.39, 0.29) is 49.5 Å². The smallest absolute Gasteiger partial charge is 0.872 e. The molecule has 0 spiro atoms. The van der Waals surface area contributed by atoms with Crippen molar-refractivity contribution in [3.05, 3.63) is 125 Å². The minimum absolute atomic E-state index is 0. The summed E-state index contributed by atoms with van der Waals surface area (Å²) in [5.41, 5.74) is 3.60. The first kappa shape index (κ1) is 43.1. The molecule has 2 N–H and O–H groups in total. The summed E-state index contributed by atoms with van der Waals surface area (Å²) in [6.45, 7) is 0. The summed E-state index contributed by atoms with van der Waals surface area (Å²) in [6.07, 6.45) is 0. The maximum atomic E-state index is 10.7. The molecular formula is C35H19N5Ni3O10. The van der Waals surface area contributed by atoms with Gasteiger partial charge >= 0.3 is 49.5 Å². The zero-order valence-electron chi connectivity index (χ0n) is 26.2. The first-order valence-electron chi connectivity index (χ1n) is 14.2. The Balaban J connectivity index is 0.000000291. The standard InChI is InChI=1S/C19H13N5.2C8H6O5.3Ni/c1-2-7-13-12(6-1)21-18(22-13)16-10-5-11-17(20-16)19-23-14-8-3-4-9-15(14)24-19;2*9-6-2-4(7(10)11)1-5(3-6)8(12)13;;;/h1-11H,(H,21,22)(H,23,24);2*1-3,9H,(H,10,11)(H,12,13);;;/q;;;3*+2/p-6. The average Bonchev–Trinajstić information content (AvgIpc) is 3.73. The van der Waals surface area contributed by atoms with Gasteiger partial charge in [0, 0.05) is 0 Å². The monoisotopic (exact) mass is 843 g/mol. The Kier molecular flexibility index (Phi) is 15.4. The van der Waals surface area contributed by atoms with Gasteiger partial charge in [0.15, 0.2) is 11.6 Å². The molecule has 15 nitrogen and oxygen atoms in total. The number of carboxylic acid groups (broad SMARTS) is 4. The molecule has 0 bridgehead atoms. The van der Waals surface area contributed by atoms with Crippen molar-refractivity contribution in [1.29, 1.82) is 0 Å². The Labute approximate surface area is 328 Å². The second kappa shape index (κ2) is 19.0. The van der Waals surface area contributed by atoms with Crippen LogP contribution in [0.5, 0.6) is 11.5 Å². The molecular weight excluding hydrogens is 826 g/mol. The third-order valence-electron chi connectivity index (χ3n) is 6.77. The zero-order chi connectivity index (χ0) is 35.9. The number of nitrogens with one attached hydrogen (secondary N) is 2. The Hall–Kier alpha value is -6.07. The minimum Gasteiger partial charge on any atom is -0.872 e. The number of para-hydroxylation sites is 4. The number of carbonyl (C=O) groups excluding carboxylic acids is 4. The molecule has 274 valence electrons. The van der Waals surface area contributed by atoms with Gasteiger partial charge in [-0.3, -0.25) is 0 Å². The number of pyridine rings is 1. The van der Waals surface area contributed by atoms with Gasteiger partial charge in [0.25, 0.3) is 0 Å². The first-order valence-corrected chi connectivity index (χ1v) is 14.2. The maximum absolute atomic E-state index is 10.7. The molecule has 0 amide bonds. The molecule has 3 heterocycles. The molecule has 0 saturated carbocycles. The summed E-state index contributed by atoms with van der Waals surface area (Å²) in [4.78, 5) is 61.6. The van der Waals surface area contributed by atoms with Crippen molar-refractivity contribution >= 4 is 45.9 Å². The Bertz CT molecular complexity index is 2120. The summed E-state index contributed by atoms with van der Waals surface area (Å²) in [7, 11) is 0. The van der Waals surface area contributed by atoms with Gasteiger partial charge in [0.1, 0.15) is 11.4 Å². The molecule has 0 saturated heterocycles. The van der Waals surface area contributed by atoms with Crippen LogP contribution in [-0.2, 0) is 49.5 Å². The SMILES string of the molecule is O=C([O-])c1cc([O-])cc(C(=O)[O-])c1.O=C([O-])c1cc([O-])cc(C(=O)[O-])c1.[Ni+2].[Ni+2].[Ni+2].c1cc(-c2nc3ccccc3[nH]2)nc(-c2nc3ccccc3[nH]2)c1. The summed E-state index contributed by atoms with van der Waals surface area (Å²) in [5.74, 6) is -6.29. The van der Waals surface area contributed by atoms with Crippen LogP contribution in [-0.4, -0.2) is 48.8 Å². The van der Waals surface area contributed by atoms with E-state index in [1.807, 2.05) is 66.7 Å². The number of benzene rings is 4. The molecule has 0 radical (unpaired) electrons. The molecule has 0 atom stereocenters. The fraction of sp³-hybridized carbons (Fsp3) is 0. The zero-order valence-corrected chi connectivity index (χ0v) is 29.2. The predicted molar refractivity (Wildman–Crippen MR) is 164 cm³/mol. The number of carboxylic acids is 4. The quantitative estimate of drug-likeness (QED) is 0.193. The van der Waals surface area contributed by atoms with Crippen LogP contribution >= 0.6 is 0 Å². The van der Waals surface area contributed by atoms with Gasteiger partial charge in [-0.1, -0.05) is 54.6 Å². The largest absolute Gasteiger partial charge is 2.00 e. The Morgan fingerprint density at radius 1 is 0.434 bits per heavy atom. The molecule has 0 aliphatic heterocycles. The molecule has 0 aliphatic carbocycles. The van der Waals surface area contributed by atoms with E-state index in [4.69, 9.17) is 4.98 Å². The predicted octanol–water partition coefficient (Wildman–Crippen LogP) is -0.865. The summed E-state index contributed by atoms with van der Waals surface area (Å²) < 4.78 is 0. The molecule has 7 aromatic rings. The van der Waals surface area contributed by atoms with Crippen LogP contribution in [0.15, 0.2) is 103 Å². The number of nitrogens with zero attached hydrogens (tertiary/aromatic N) is 3. The molecule has 53 heavy (non-hydrogen) atoms. The van der Waals surface area contributed by atoms with E-state index >= 15 is 0 Å². The van der Waals surface area contributed by atoms with Crippen molar-refractivity contribution in [2.24, 2.45) is 0 Å². The normalized spacial score (nSPS) is 9.81. The van der Waals surface area contributed by atoms with Crippen LogP contribution in [0.1, 0.15) is 41.4 Å². The fourth-order valence-corrected chi connectivity index (χ4v) is 4.52. The van der Waals surface area contributed by atoms with Gasteiger partial charge in [-0.15, -0.1) is 11.5 Å². The number of aromatic amines is 2. The van der Waals surface area contributed by atoms with Crippen LogP contribution in [0.2, 0.25) is 0 Å². The molecule has 3 aromatic heterocycles. The number of rotatable bonds is 6. The summed E-state index contributed by atoms with van der Waals surface area (Å²) >= 11 is 0. The Morgan fingerprint density at radius 2 is 0.755 bits per heavy atom. The van der Waals surface area contributed by atoms with Gasteiger partial charge in [-0.25, -0.2) is 15.0 Å². The van der Waals surface area contributed by atoms with Crippen molar-refractivity contribution in [2.75, 3.05) is 0 Å². The fourth-order valence-electron chi connectivity index (χ4n) is 4.52. The first-order chi connectivity index (χ1) is 23.9. The van der Waals surface area contributed by atoms with Crippen molar-refractivity contribution in [2.45, 2.75) is 0 Å². The minimum atomic E-state index is -1.60. The molecule has 18 heteroatoms. The number of imidazole rings is 2. The van der Waals surface area contributed by atoms with Gasteiger partial charge in [0.2, 0.25) is 0 Å². The van der Waals surface area contributed by atoms with Crippen LogP contribution in [0.4, 0.5) is 0 Å². The van der Waals surface area contributed by atoms with E-state index in [2.05, 4.69) is 19.9 Å². The van der Waals surface area contributed by atoms with Gasteiger partial charge in [-0.2, -0.15) is 0 Å². The van der Waals surface area contributed by atoms with Gasteiger partial charge in [-0.05, 0) is 70.8 Å².